The van der Waals surface area contributed by atoms with Gasteiger partial charge in [0.15, 0.2) is 0 Å². The van der Waals surface area contributed by atoms with Crippen LogP contribution < -0.4 is 5.32 Å². The van der Waals surface area contributed by atoms with Gasteiger partial charge in [0.2, 0.25) is 0 Å². The molecule has 2 bridgehead atoms. The molecule has 1 aromatic carbocycles. The molecule has 3 aliphatic heterocycles. The highest BCUT2D eigenvalue weighted by molar-refractivity contribution is 7.22. The van der Waals surface area contributed by atoms with Gasteiger partial charge < -0.3 is 9.80 Å². The van der Waals surface area contributed by atoms with Gasteiger partial charge in [-0.25, -0.2) is 4.79 Å². The monoisotopic (exact) mass is 329 g/mol. The SMILES string of the molecule is CCN(C(=O)Nc1cc2ccccc2s1)[C@H]1CN2CCC1CC2. The van der Waals surface area contributed by atoms with E-state index in [9.17, 15) is 4.79 Å². The first-order chi connectivity index (χ1) is 11.2. The third-order valence-corrected chi connectivity index (χ3v) is 6.31. The van der Waals surface area contributed by atoms with Gasteiger partial charge in [0, 0.05) is 23.8 Å². The largest absolute Gasteiger partial charge is 0.322 e. The number of thiophene rings is 1. The van der Waals surface area contributed by atoms with Gasteiger partial charge in [0.1, 0.15) is 0 Å². The molecule has 0 aliphatic carbocycles. The van der Waals surface area contributed by atoms with Gasteiger partial charge in [-0.1, -0.05) is 18.2 Å². The second-order valence-electron chi connectivity index (χ2n) is 6.57. The predicted molar refractivity (Wildman–Crippen MR) is 96.2 cm³/mol. The zero-order valence-corrected chi connectivity index (χ0v) is 14.3. The van der Waals surface area contributed by atoms with Crippen LogP contribution in [-0.4, -0.2) is 48.1 Å². The molecule has 2 amide bonds. The number of piperidine rings is 3. The highest BCUT2D eigenvalue weighted by Gasteiger charge is 2.38. The minimum absolute atomic E-state index is 0.0535. The number of fused-ring (bicyclic) bond motifs is 4. The van der Waals surface area contributed by atoms with E-state index < -0.39 is 0 Å². The molecule has 3 saturated heterocycles. The topological polar surface area (TPSA) is 35.6 Å². The van der Waals surface area contributed by atoms with Crippen molar-refractivity contribution >= 4 is 32.5 Å². The normalized spacial score (nSPS) is 26.4. The lowest BCUT2D eigenvalue weighted by Gasteiger charge is -2.48. The van der Waals surface area contributed by atoms with Crippen LogP contribution in [0.25, 0.3) is 10.1 Å². The average molecular weight is 329 g/mol. The molecule has 0 radical (unpaired) electrons. The van der Waals surface area contributed by atoms with Crippen molar-refractivity contribution < 1.29 is 4.79 Å². The Morgan fingerprint density at radius 2 is 2.13 bits per heavy atom. The summed E-state index contributed by atoms with van der Waals surface area (Å²) in [6, 6.07) is 10.8. The Kier molecular flexibility index (Phi) is 3.99. The molecule has 1 N–H and O–H groups in total. The molecular formula is C18H23N3OS. The van der Waals surface area contributed by atoms with E-state index in [1.807, 2.05) is 17.0 Å². The van der Waals surface area contributed by atoms with E-state index in [1.54, 1.807) is 11.3 Å². The number of rotatable bonds is 3. The van der Waals surface area contributed by atoms with Crippen LogP contribution in [-0.2, 0) is 0 Å². The summed E-state index contributed by atoms with van der Waals surface area (Å²) in [4.78, 5) is 17.3. The van der Waals surface area contributed by atoms with Crippen LogP contribution in [0.1, 0.15) is 19.8 Å². The number of anilines is 1. The minimum Gasteiger partial charge on any atom is -0.320 e. The van der Waals surface area contributed by atoms with Crippen LogP contribution in [0.3, 0.4) is 0 Å². The molecule has 0 spiro atoms. The number of urea groups is 1. The quantitative estimate of drug-likeness (QED) is 0.928. The van der Waals surface area contributed by atoms with Crippen molar-refractivity contribution in [3.63, 3.8) is 0 Å². The van der Waals surface area contributed by atoms with E-state index in [0.717, 1.165) is 18.1 Å². The van der Waals surface area contributed by atoms with Gasteiger partial charge in [0.05, 0.1) is 5.00 Å². The molecule has 1 atom stereocenters. The van der Waals surface area contributed by atoms with Crippen LogP contribution in [0.4, 0.5) is 9.80 Å². The van der Waals surface area contributed by atoms with Crippen LogP contribution >= 0.6 is 11.3 Å². The molecule has 3 fully saturated rings. The lowest BCUT2D eigenvalue weighted by molar-refractivity contribution is 0.0265. The van der Waals surface area contributed by atoms with E-state index in [-0.39, 0.29) is 6.03 Å². The molecule has 2 aromatic rings. The number of amides is 2. The zero-order chi connectivity index (χ0) is 15.8. The highest BCUT2D eigenvalue weighted by Crippen LogP contribution is 2.33. The Hall–Kier alpha value is -1.59. The lowest BCUT2D eigenvalue weighted by Crippen LogP contribution is -2.59. The van der Waals surface area contributed by atoms with E-state index in [1.165, 1.54) is 36.0 Å². The molecule has 5 heteroatoms. The molecule has 4 heterocycles. The standard InChI is InChI=1S/C18H23N3OS/c1-2-21(15-12-20-9-7-13(15)8-10-20)18(22)19-17-11-14-5-3-4-6-16(14)23-17/h3-6,11,13,15H,2,7-10,12H2,1H3,(H,19,22)/t15-/m0/s1. The van der Waals surface area contributed by atoms with Crippen molar-refractivity contribution in [1.82, 2.24) is 9.80 Å². The van der Waals surface area contributed by atoms with Gasteiger partial charge in [-0.05, 0) is 56.3 Å². The molecule has 0 saturated carbocycles. The molecule has 1 aromatic heterocycles. The second kappa shape index (κ2) is 6.13. The summed E-state index contributed by atoms with van der Waals surface area (Å²) >= 11 is 1.65. The molecule has 0 unspecified atom stereocenters. The summed E-state index contributed by atoms with van der Waals surface area (Å²) in [5.74, 6) is 0.674. The number of carbonyl (C=O) groups is 1. The number of nitrogens with zero attached hydrogens (tertiary/aromatic N) is 2. The van der Waals surface area contributed by atoms with Gasteiger partial charge in [-0.2, -0.15) is 0 Å². The fourth-order valence-corrected chi connectivity index (χ4v) is 4.99. The summed E-state index contributed by atoms with van der Waals surface area (Å²) in [5, 5.41) is 5.26. The van der Waals surface area contributed by atoms with Crippen molar-refractivity contribution in [3.8, 4) is 0 Å². The second-order valence-corrected chi connectivity index (χ2v) is 7.65. The van der Waals surface area contributed by atoms with E-state index in [2.05, 4.69) is 35.3 Å². The first-order valence-electron chi connectivity index (χ1n) is 8.53. The van der Waals surface area contributed by atoms with Gasteiger partial charge >= 0.3 is 6.03 Å². The van der Waals surface area contributed by atoms with Crippen molar-refractivity contribution in [2.24, 2.45) is 5.92 Å². The fraction of sp³-hybridized carbons (Fsp3) is 0.500. The Bertz CT molecular complexity index is 672. The highest BCUT2D eigenvalue weighted by atomic mass is 32.1. The summed E-state index contributed by atoms with van der Waals surface area (Å²) in [5.41, 5.74) is 0. The van der Waals surface area contributed by atoms with Crippen LogP contribution in [0.15, 0.2) is 30.3 Å². The number of hydrogen-bond acceptors (Lipinski definition) is 3. The lowest BCUT2D eigenvalue weighted by atomic mass is 9.83. The molecule has 122 valence electrons. The molecule has 5 rings (SSSR count). The average Bonchev–Trinajstić information content (AvgIpc) is 2.99. The first kappa shape index (κ1) is 15.0. The van der Waals surface area contributed by atoms with Gasteiger partial charge in [0.25, 0.3) is 0 Å². The van der Waals surface area contributed by atoms with Crippen molar-refractivity contribution in [3.05, 3.63) is 30.3 Å². The van der Waals surface area contributed by atoms with Crippen LogP contribution in [0, 0.1) is 5.92 Å². The Balaban J connectivity index is 1.50. The zero-order valence-electron chi connectivity index (χ0n) is 13.5. The summed E-state index contributed by atoms with van der Waals surface area (Å²) < 4.78 is 1.22. The predicted octanol–water partition coefficient (Wildman–Crippen LogP) is 3.85. The maximum atomic E-state index is 12.8. The number of carbonyl (C=O) groups excluding carboxylic acids is 1. The Morgan fingerprint density at radius 1 is 1.35 bits per heavy atom. The summed E-state index contributed by atoms with van der Waals surface area (Å²) in [6.45, 7) is 6.31. The van der Waals surface area contributed by atoms with Crippen molar-refractivity contribution in [1.29, 1.82) is 0 Å². The van der Waals surface area contributed by atoms with Gasteiger partial charge in [-0.3, -0.25) is 5.32 Å². The number of hydrogen-bond donors (Lipinski definition) is 1. The number of nitrogens with one attached hydrogen (secondary N) is 1. The fourth-order valence-electron chi connectivity index (χ4n) is 4.04. The number of likely N-dealkylation sites (N-methyl/N-ethyl adjacent to an activating group) is 1. The van der Waals surface area contributed by atoms with Crippen molar-refractivity contribution in [2.45, 2.75) is 25.8 Å². The minimum atomic E-state index is 0.0535. The summed E-state index contributed by atoms with van der Waals surface area (Å²) in [7, 11) is 0. The Morgan fingerprint density at radius 3 is 2.78 bits per heavy atom. The first-order valence-corrected chi connectivity index (χ1v) is 9.35. The maximum absolute atomic E-state index is 12.8. The van der Waals surface area contributed by atoms with E-state index in [0.29, 0.717) is 12.0 Å². The molecular weight excluding hydrogens is 306 g/mol. The third kappa shape index (κ3) is 2.83. The summed E-state index contributed by atoms with van der Waals surface area (Å²) in [6.07, 6.45) is 2.47. The van der Waals surface area contributed by atoms with Crippen molar-refractivity contribution in [2.75, 3.05) is 31.5 Å². The van der Waals surface area contributed by atoms with Crippen LogP contribution in [0.5, 0.6) is 0 Å². The maximum Gasteiger partial charge on any atom is 0.322 e. The molecule has 23 heavy (non-hydrogen) atoms. The van der Waals surface area contributed by atoms with E-state index in [4.69, 9.17) is 0 Å². The molecule has 3 aliphatic rings. The Labute approximate surface area is 141 Å². The number of benzene rings is 1. The molecule has 4 nitrogen and oxygen atoms in total. The van der Waals surface area contributed by atoms with E-state index >= 15 is 0 Å². The third-order valence-electron chi connectivity index (χ3n) is 5.28. The van der Waals surface area contributed by atoms with Gasteiger partial charge in [-0.15, -0.1) is 11.3 Å². The smallest absolute Gasteiger partial charge is 0.320 e. The van der Waals surface area contributed by atoms with Crippen LogP contribution in [0.2, 0.25) is 0 Å².